The van der Waals surface area contributed by atoms with E-state index in [1.54, 1.807) is 12.1 Å². The Morgan fingerprint density at radius 3 is 2.71 bits per heavy atom. The largest absolute Gasteiger partial charge is 0.331 e. The highest BCUT2D eigenvalue weighted by atomic mass is 35.5. The Bertz CT molecular complexity index is 583. The number of halogens is 1. The van der Waals surface area contributed by atoms with Crippen LogP contribution in [-0.2, 0) is 7.05 Å². The Balaban J connectivity index is 2.13. The van der Waals surface area contributed by atoms with Crippen molar-refractivity contribution in [1.29, 1.82) is 0 Å². The topological polar surface area (TPSA) is 29.3 Å². The Morgan fingerprint density at radius 2 is 2.12 bits per heavy atom. The third-order valence-electron chi connectivity index (χ3n) is 2.05. The zero-order chi connectivity index (χ0) is 12.3. The van der Waals surface area contributed by atoms with E-state index in [-0.39, 0.29) is 0 Å². The maximum atomic E-state index is 5.80. The molecule has 1 aromatic carbocycles. The standard InChI is InChI=1S/C11H10ClN3S2/c1-15-6-7-17-11(15)14-10(16)13-9-4-2-8(12)3-5-9/h2-7H,1H3,(H,13,16). The number of anilines is 1. The van der Waals surface area contributed by atoms with Crippen molar-refractivity contribution in [2.75, 3.05) is 5.32 Å². The smallest absolute Gasteiger partial charge is 0.199 e. The Labute approximate surface area is 113 Å². The van der Waals surface area contributed by atoms with Gasteiger partial charge in [0.15, 0.2) is 9.91 Å². The van der Waals surface area contributed by atoms with Gasteiger partial charge in [-0.15, -0.1) is 11.3 Å². The van der Waals surface area contributed by atoms with E-state index in [2.05, 4.69) is 10.3 Å². The monoisotopic (exact) mass is 283 g/mol. The lowest BCUT2D eigenvalue weighted by Crippen LogP contribution is -2.15. The Hall–Kier alpha value is -1.17. The summed E-state index contributed by atoms with van der Waals surface area (Å²) in [4.78, 5) is 5.16. The first-order valence-electron chi connectivity index (χ1n) is 4.86. The highest BCUT2D eigenvalue weighted by molar-refractivity contribution is 7.80. The molecule has 0 unspecified atom stereocenters. The second kappa shape index (κ2) is 5.44. The van der Waals surface area contributed by atoms with Crippen molar-refractivity contribution < 1.29 is 0 Å². The van der Waals surface area contributed by atoms with Crippen LogP contribution in [0.15, 0.2) is 40.8 Å². The van der Waals surface area contributed by atoms with Gasteiger partial charge < -0.3 is 9.88 Å². The van der Waals surface area contributed by atoms with Crippen molar-refractivity contribution in [1.82, 2.24) is 4.57 Å². The molecule has 0 aliphatic carbocycles. The first kappa shape index (κ1) is 12.3. The molecule has 1 aromatic heterocycles. The fourth-order valence-corrected chi connectivity index (χ4v) is 2.33. The van der Waals surface area contributed by atoms with Crippen LogP contribution in [0.3, 0.4) is 0 Å². The predicted molar refractivity (Wildman–Crippen MR) is 76.5 cm³/mol. The molecule has 6 heteroatoms. The molecule has 2 rings (SSSR count). The molecule has 0 atom stereocenters. The lowest BCUT2D eigenvalue weighted by Gasteiger charge is -2.03. The molecule has 88 valence electrons. The third-order valence-corrected chi connectivity index (χ3v) is 3.35. The average Bonchev–Trinajstić information content (AvgIpc) is 2.68. The molecule has 0 spiro atoms. The summed E-state index contributed by atoms with van der Waals surface area (Å²) in [5.74, 6) is 0. The molecule has 1 N–H and O–H groups in total. The number of thiocarbonyl (C=S) groups is 1. The molecule has 0 aliphatic heterocycles. The summed E-state index contributed by atoms with van der Waals surface area (Å²) in [6.45, 7) is 0. The quantitative estimate of drug-likeness (QED) is 0.815. The molecule has 0 amide bonds. The van der Waals surface area contributed by atoms with E-state index < -0.39 is 0 Å². The van der Waals surface area contributed by atoms with E-state index in [1.807, 2.05) is 35.3 Å². The highest BCUT2D eigenvalue weighted by Gasteiger charge is 1.96. The maximum Gasteiger partial charge on any atom is 0.199 e. The van der Waals surface area contributed by atoms with Crippen LogP contribution in [0.1, 0.15) is 0 Å². The molecule has 0 saturated heterocycles. The van der Waals surface area contributed by atoms with E-state index in [1.165, 1.54) is 11.3 Å². The van der Waals surface area contributed by atoms with Gasteiger partial charge in [0.1, 0.15) is 0 Å². The van der Waals surface area contributed by atoms with Gasteiger partial charge in [-0.05, 0) is 36.5 Å². The van der Waals surface area contributed by atoms with Crippen molar-refractivity contribution in [3.63, 3.8) is 0 Å². The number of benzene rings is 1. The van der Waals surface area contributed by atoms with Gasteiger partial charge in [0.2, 0.25) is 0 Å². The Kier molecular flexibility index (Phi) is 3.93. The zero-order valence-corrected chi connectivity index (χ0v) is 11.4. The molecule has 3 nitrogen and oxygen atoms in total. The lowest BCUT2D eigenvalue weighted by atomic mass is 10.3. The molecule has 0 radical (unpaired) electrons. The van der Waals surface area contributed by atoms with Gasteiger partial charge in [-0.3, -0.25) is 0 Å². The summed E-state index contributed by atoms with van der Waals surface area (Å²) in [6.07, 6.45) is 1.94. The molecule has 1 heterocycles. The normalized spacial score (nSPS) is 11.5. The van der Waals surface area contributed by atoms with Crippen molar-refractivity contribution in [2.24, 2.45) is 12.0 Å². The number of thiazole rings is 1. The number of aryl methyl sites for hydroxylation is 1. The minimum Gasteiger partial charge on any atom is -0.331 e. The van der Waals surface area contributed by atoms with Gasteiger partial charge in [-0.25, -0.2) is 0 Å². The van der Waals surface area contributed by atoms with Crippen LogP contribution in [0.5, 0.6) is 0 Å². The van der Waals surface area contributed by atoms with E-state index in [9.17, 15) is 0 Å². The molecule has 0 aliphatic rings. The summed E-state index contributed by atoms with van der Waals surface area (Å²) in [7, 11) is 1.93. The molecule has 17 heavy (non-hydrogen) atoms. The molecule has 0 saturated carbocycles. The van der Waals surface area contributed by atoms with Crippen LogP contribution >= 0.6 is 35.2 Å². The Morgan fingerprint density at radius 1 is 1.41 bits per heavy atom. The summed E-state index contributed by atoms with van der Waals surface area (Å²) in [6, 6.07) is 7.33. The summed E-state index contributed by atoms with van der Waals surface area (Å²) in [5.41, 5.74) is 0.877. The average molecular weight is 284 g/mol. The molecule has 0 bridgehead atoms. The first-order chi connectivity index (χ1) is 8.15. The van der Waals surface area contributed by atoms with E-state index in [0.29, 0.717) is 10.1 Å². The third kappa shape index (κ3) is 3.39. The van der Waals surface area contributed by atoms with Crippen molar-refractivity contribution >= 4 is 46.0 Å². The van der Waals surface area contributed by atoms with Gasteiger partial charge in [-0.1, -0.05) is 11.6 Å². The fourth-order valence-electron chi connectivity index (χ4n) is 1.21. The molecule has 0 fully saturated rings. The van der Waals surface area contributed by atoms with E-state index in [0.717, 1.165) is 10.5 Å². The van der Waals surface area contributed by atoms with Crippen molar-refractivity contribution in [2.45, 2.75) is 0 Å². The predicted octanol–water partition coefficient (Wildman–Crippen LogP) is 3.04. The van der Waals surface area contributed by atoms with Crippen LogP contribution in [-0.4, -0.2) is 9.68 Å². The summed E-state index contributed by atoms with van der Waals surface area (Å²) < 4.78 is 1.92. The minimum atomic E-state index is 0.436. The van der Waals surface area contributed by atoms with Crippen molar-refractivity contribution in [3.05, 3.63) is 45.7 Å². The second-order valence-corrected chi connectivity index (χ2v) is 5.04. The number of aromatic nitrogens is 1. The number of hydrogen-bond donors (Lipinski definition) is 1. The van der Waals surface area contributed by atoms with Crippen LogP contribution in [0, 0.1) is 0 Å². The number of hydrogen-bond acceptors (Lipinski definition) is 2. The van der Waals surface area contributed by atoms with Crippen LogP contribution in [0.25, 0.3) is 0 Å². The minimum absolute atomic E-state index is 0.436. The zero-order valence-electron chi connectivity index (χ0n) is 9.05. The summed E-state index contributed by atoms with van der Waals surface area (Å²) >= 11 is 12.5. The highest BCUT2D eigenvalue weighted by Crippen LogP contribution is 2.13. The van der Waals surface area contributed by atoms with Crippen LogP contribution in [0.4, 0.5) is 5.69 Å². The molecular formula is C11H10ClN3S2. The summed E-state index contributed by atoms with van der Waals surface area (Å²) in [5, 5.41) is 6.13. The van der Waals surface area contributed by atoms with Gasteiger partial charge in [0, 0.05) is 29.3 Å². The second-order valence-electron chi connectivity index (χ2n) is 3.35. The number of nitrogens with one attached hydrogen (secondary N) is 1. The first-order valence-corrected chi connectivity index (χ1v) is 6.53. The van der Waals surface area contributed by atoms with Gasteiger partial charge in [0.25, 0.3) is 0 Å². The van der Waals surface area contributed by atoms with Crippen molar-refractivity contribution in [3.8, 4) is 0 Å². The fraction of sp³-hybridized carbons (Fsp3) is 0.0909. The van der Waals surface area contributed by atoms with Crippen LogP contribution in [0.2, 0.25) is 5.02 Å². The van der Waals surface area contributed by atoms with Gasteiger partial charge in [0.05, 0.1) is 0 Å². The number of rotatable bonds is 1. The van der Waals surface area contributed by atoms with E-state index in [4.69, 9.17) is 23.8 Å². The van der Waals surface area contributed by atoms with Gasteiger partial charge in [-0.2, -0.15) is 4.99 Å². The van der Waals surface area contributed by atoms with E-state index >= 15 is 0 Å². The lowest BCUT2D eigenvalue weighted by molar-refractivity contribution is 0.878. The van der Waals surface area contributed by atoms with Crippen LogP contribution < -0.4 is 10.1 Å². The van der Waals surface area contributed by atoms with Gasteiger partial charge >= 0.3 is 0 Å². The molecular weight excluding hydrogens is 274 g/mol. The number of nitrogens with zero attached hydrogens (tertiary/aromatic N) is 2. The molecule has 2 aromatic rings. The SMILES string of the molecule is Cn1ccsc1=NC(=S)Nc1ccc(Cl)cc1. The maximum absolute atomic E-state index is 5.80.